The third-order valence-corrected chi connectivity index (χ3v) is 13.0. The Morgan fingerprint density at radius 1 is 0.297 bits per heavy atom. The highest BCUT2D eigenvalue weighted by molar-refractivity contribution is 6.14. The summed E-state index contributed by atoms with van der Waals surface area (Å²) in [6, 6.07) is 76.7. The number of hydrogen-bond donors (Lipinski definition) is 0. The van der Waals surface area contributed by atoms with Crippen LogP contribution in [0.1, 0.15) is 22.3 Å². The minimum Gasteiger partial charge on any atom is -0.457 e. The third-order valence-electron chi connectivity index (χ3n) is 13.0. The summed E-state index contributed by atoms with van der Waals surface area (Å²) in [7, 11) is 0. The molecule has 2 aromatic heterocycles. The van der Waals surface area contributed by atoms with Crippen molar-refractivity contribution in [3.8, 4) is 79.2 Å². The van der Waals surface area contributed by atoms with E-state index >= 15 is 0 Å². The smallest absolute Gasteiger partial charge is 0.164 e. The molecule has 1 spiro atoms. The topological polar surface area (TPSA) is 60.8 Å². The molecule has 9 aromatic carbocycles. The fourth-order valence-electron chi connectivity index (χ4n) is 10.1. The lowest BCUT2D eigenvalue weighted by Crippen LogP contribution is -2.32. The average Bonchev–Trinajstić information content (AvgIpc) is 3.65. The summed E-state index contributed by atoms with van der Waals surface area (Å²) in [5.74, 6) is 3.55. The zero-order valence-electron chi connectivity index (χ0n) is 34.5. The fourth-order valence-corrected chi connectivity index (χ4v) is 10.1. The maximum Gasteiger partial charge on any atom is 0.164 e. The molecule has 11 aromatic rings. The first kappa shape index (κ1) is 36.1. The van der Waals surface area contributed by atoms with Gasteiger partial charge in [0.2, 0.25) is 0 Å². The highest BCUT2D eigenvalue weighted by Gasteiger charge is 2.51. The van der Waals surface area contributed by atoms with Gasteiger partial charge in [0, 0.05) is 44.2 Å². The van der Waals surface area contributed by atoms with Crippen LogP contribution in [0.3, 0.4) is 0 Å². The van der Waals surface area contributed by atoms with E-state index in [1.165, 1.54) is 22.3 Å². The zero-order valence-corrected chi connectivity index (χ0v) is 34.5. The SMILES string of the molecule is c1ccc(-c2cccc(-c3nc(-c4ccccc4)nc(-c4ccc5nc(-c6ccccc6)c6cc7c(cc6c5c4)C4(c5ccccc5Oc5ccccc54)c4ccccc4-7)n3)c2)cc1. The van der Waals surface area contributed by atoms with E-state index in [0.29, 0.717) is 17.5 Å². The quantitative estimate of drug-likeness (QED) is 0.162. The number of pyridine rings is 1. The summed E-state index contributed by atoms with van der Waals surface area (Å²) in [6.07, 6.45) is 0. The maximum absolute atomic E-state index is 6.68. The molecule has 13 rings (SSSR count). The second kappa shape index (κ2) is 14.3. The highest BCUT2D eigenvalue weighted by Crippen LogP contribution is 2.62. The summed E-state index contributed by atoms with van der Waals surface area (Å²) >= 11 is 0. The Bertz CT molecular complexity index is 3600. The van der Waals surface area contributed by atoms with Crippen LogP contribution in [0.2, 0.25) is 0 Å². The Labute approximate surface area is 370 Å². The lowest BCUT2D eigenvalue weighted by molar-refractivity contribution is 0.436. The molecule has 0 bridgehead atoms. The van der Waals surface area contributed by atoms with Gasteiger partial charge in [0.25, 0.3) is 0 Å². The van der Waals surface area contributed by atoms with E-state index in [2.05, 4.69) is 182 Å². The van der Waals surface area contributed by atoms with E-state index in [9.17, 15) is 0 Å². The minimum atomic E-state index is -0.617. The molecule has 0 saturated carbocycles. The molecule has 0 N–H and O–H groups in total. The van der Waals surface area contributed by atoms with E-state index in [1.54, 1.807) is 0 Å². The van der Waals surface area contributed by atoms with Crippen molar-refractivity contribution in [2.24, 2.45) is 0 Å². The van der Waals surface area contributed by atoms with Crippen molar-refractivity contribution in [2.75, 3.05) is 0 Å². The van der Waals surface area contributed by atoms with Crippen LogP contribution in [0.15, 0.2) is 218 Å². The fraction of sp³-hybridized carbons (Fsp3) is 0.0169. The van der Waals surface area contributed by atoms with E-state index in [1.807, 2.05) is 36.4 Å². The van der Waals surface area contributed by atoms with Crippen molar-refractivity contribution in [3.05, 3.63) is 241 Å². The molecule has 2 aliphatic rings. The molecular formula is C59H36N4O. The van der Waals surface area contributed by atoms with Gasteiger partial charge in [-0.3, -0.25) is 0 Å². The Balaban J connectivity index is 1.09. The Morgan fingerprint density at radius 2 is 0.828 bits per heavy atom. The van der Waals surface area contributed by atoms with Crippen LogP contribution < -0.4 is 4.74 Å². The Hall–Kier alpha value is -8.54. The second-order valence-corrected chi connectivity index (χ2v) is 16.5. The molecule has 1 aliphatic carbocycles. The van der Waals surface area contributed by atoms with Crippen molar-refractivity contribution in [2.45, 2.75) is 5.41 Å². The van der Waals surface area contributed by atoms with Crippen LogP contribution in [0, 0.1) is 0 Å². The van der Waals surface area contributed by atoms with Crippen LogP contribution in [0.4, 0.5) is 0 Å². The van der Waals surface area contributed by atoms with Crippen LogP contribution in [-0.4, -0.2) is 19.9 Å². The first-order chi connectivity index (χ1) is 31.7. The second-order valence-electron chi connectivity index (χ2n) is 16.5. The number of fused-ring (bicyclic) bond motifs is 12. The van der Waals surface area contributed by atoms with Crippen molar-refractivity contribution in [3.63, 3.8) is 0 Å². The molecule has 1 aliphatic heterocycles. The predicted octanol–water partition coefficient (Wildman–Crippen LogP) is 14.4. The van der Waals surface area contributed by atoms with Crippen LogP contribution in [-0.2, 0) is 5.41 Å². The number of para-hydroxylation sites is 2. The third kappa shape index (κ3) is 5.51. The molecule has 0 saturated heterocycles. The first-order valence-corrected chi connectivity index (χ1v) is 21.6. The van der Waals surface area contributed by atoms with Gasteiger partial charge < -0.3 is 4.74 Å². The monoisotopic (exact) mass is 816 g/mol. The van der Waals surface area contributed by atoms with Gasteiger partial charge in [0.1, 0.15) is 11.5 Å². The normalized spacial score (nSPS) is 12.9. The minimum absolute atomic E-state index is 0.591. The zero-order chi connectivity index (χ0) is 42.2. The number of aromatic nitrogens is 4. The van der Waals surface area contributed by atoms with E-state index in [-0.39, 0.29) is 0 Å². The lowest BCUT2D eigenvalue weighted by atomic mass is 9.66. The predicted molar refractivity (Wildman–Crippen MR) is 257 cm³/mol. The summed E-state index contributed by atoms with van der Waals surface area (Å²) in [4.78, 5) is 21.0. The number of rotatable bonds is 5. The van der Waals surface area contributed by atoms with Gasteiger partial charge in [-0.25, -0.2) is 19.9 Å². The molecule has 0 amide bonds. The van der Waals surface area contributed by atoms with E-state index < -0.39 is 5.41 Å². The largest absolute Gasteiger partial charge is 0.457 e. The highest BCUT2D eigenvalue weighted by atomic mass is 16.5. The van der Waals surface area contributed by atoms with Gasteiger partial charge in [0.15, 0.2) is 17.5 Å². The van der Waals surface area contributed by atoms with Gasteiger partial charge in [-0.1, -0.05) is 170 Å². The van der Waals surface area contributed by atoms with Crippen molar-refractivity contribution < 1.29 is 4.74 Å². The number of benzene rings is 9. The number of nitrogens with zero attached hydrogens (tertiary/aromatic N) is 4. The van der Waals surface area contributed by atoms with Crippen molar-refractivity contribution >= 4 is 21.7 Å². The van der Waals surface area contributed by atoms with Gasteiger partial charge in [-0.2, -0.15) is 0 Å². The molecule has 298 valence electrons. The summed E-state index contributed by atoms with van der Waals surface area (Å²) < 4.78 is 6.68. The molecule has 0 fully saturated rings. The Kier molecular flexibility index (Phi) is 8.06. The molecule has 3 heterocycles. The molecule has 64 heavy (non-hydrogen) atoms. The molecule has 5 nitrogen and oxygen atoms in total. The van der Waals surface area contributed by atoms with E-state index in [0.717, 1.165) is 83.4 Å². The van der Waals surface area contributed by atoms with Gasteiger partial charge in [-0.15, -0.1) is 0 Å². The standard InChI is InChI=1S/C59H36N4O/c1-4-17-37(18-5-1)40-23-16-24-41(33-40)57-61-56(39-21-8-3-9-22-39)62-58(63-57)42-31-32-52-46(34-42)44-36-51-45(35-47(44)55(60-52)38-19-6-2-7-20-38)43-25-10-11-26-48(43)59(51)49-27-12-14-29-53(49)64-54-30-15-13-28-50(54)59/h1-36H. The van der Waals surface area contributed by atoms with Crippen LogP contribution >= 0.6 is 0 Å². The van der Waals surface area contributed by atoms with E-state index in [4.69, 9.17) is 24.7 Å². The molecule has 0 unspecified atom stereocenters. The molecular weight excluding hydrogens is 781 g/mol. The van der Waals surface area contributed by atoms with Crippen LogP contribution in [0.5, 0.6) is 11.5 Å². The summed E-state index contributed by atoms with van der Waals surface area (Å²) in [5, 5.41) is 3.20. The lowest BCUT2D eigenvalue weighted by Gasteiger charge is -2.39. The van der Waals surface area contributed by atoms with Gasteiger partial charge >= 0.3 is 0 Å². The molecule has 0 atom stereocenters. The number of hydrogen-bond acceptors (Lipinski definition) is 5. The van der Waals surface area contributed by atoms with Gasteiger partial charge in [0.05, 0.1) is 16.6 Å². The average molecular weight is 817 g/mol. The van der Waals surface area contributed by atoms with Crippen molar-refractivity contribution in [1.82, 2.24) is 19.9 Å². The van der Waals surface area contributed by atoms with Gasteiger partial charge in [-0.05, 0) is 87.3 Å². The molecule has 5 heteroatoms. The summed E-state index contributed by atoms with van der Waals surface area (Å²) in [5.41, 5.74) is 14.3. The Morgan fingerprint density at radius 3 is 1.52 bits per heavy atom. The summed E-state index contributed by atoms with van der Waals surface area (Å²) in [6.45, 7) is 0. The van der Waals surface area contributed by atoms with Crippen LogP contribution in [0.25, 0.3) is 89.4 Å². The first-order valence-electron chi connectivity index (χ1n) is 21.6. The maximum atomic E-state index is 6.68. The molecule has 0 radical (unpaired) electrons. The number of ether oxygens (including phenoxy) is 1. The van der Waals surface area contributed by atoms with Crippen molar-refractivity contribution in [1.29, 1.82) is 0 Å².